The second-order valence-corrected chi connectivity index (χ2v) is 23.1. The Morgan fingerprint density at radius 3 is 1.03 bits per heavy atom. The average Bonchev–Trinajstić information content (AvgIpc) is 3.28. The van der Waals surface area contributed by atoms with Crippen molar-refractivity contribution in [2.75, 3.05) is 40.9 Å². The van der Waals surface area contributed by atoms with Crippen LogP contribution in [0.25, 0.3) is 0 Å². The van der Waals surface area contributed by atoms with Gasteiger partial charge in [0.15, 0.2) is 0 Å². The van der Waals surface area contributed by atoms with E-state index in [2.05, 4.69) is 19.2 Å². The fourth-order valence-corrected chi connectivity index (χ4v) is 9.94. The molecule has 3 unspecified atom stereocenters. The molecule has 0 bridgehead atoms. The van der Waals surface area contributed by atoms with Gasteiger partial charge in [-0.1, -0.05) is 290 Å². The Balaban J connectivity index is 4.12. The highest BCUT2D eigenvalue weighted by Crippen LogP contribution is 2.38. The monoisotopic (exact) mass is 957 g/mol. The zero-order chi connectivity index (χ0) is 48.5. The third kappa shape index (κ3) is 51.4. The molecule has 0 aliphatic heterocycles. The number of aliphatic hydroxyl groups is 1. The summed E-state index contributed by atoms with van der Waals surface area (Å²) in [6, 6.07) is -0.795. The van der Waals surface area contributed by atoms with E-state index in [4.69, 9.17) is 9.05 Å². The van der Waals surface area contributed by atoms with Gasteiger partial charge in [0.05, 0.1) is 39.9 Å². The molecule has 3 atom stereocenters. The number of aliphatic hydroxyl groups excluding tert-OH is 1. The molecule has 396 valence electrons. The van der Waals surface area contributed by atoms with Crippen LogP contribution in [0.1, 0.15) is 309 Å². The van der Waals surface area contributed by atoms with Gasteiger partial charge in [-0.2, -0.15) is 0 Å². The van der Waals surface area contributed by atoms with Crippen LogP contribution in [0.3, 0.4) is 0 Å². The van der Waals surface area contributed by atoms with Crippen LogP contribution in [0.5, 0.6) is 0 Å². The Labute approximate surface area is 412 Å². The molecular weight excluding hydrogens is 840 g/mol. The number of nitrogens with one attached hydrogen (secondary N) is 1. The number of hydrogen-bond acceptors (Lipinski definition) is 6. The highest BCUT2D eigenvalue weighted by Gasteiger charge is 2.24. The molecule has 1 amide bonds. The molecule has 66 heavy (non-hydrogen) atoms. The average molecular weight is 958 g/mol. The van der Waals surface area contributed by atoms with E-state index in [1.54, 1.807) is 0 Å². The van der Waals surface area contributed by atoms with Gasteiger partial charge >= 0.3 is 0 Å². The molecule has 0 saturated carbocycles. The van der Waals surface area contributed by atoms with Gasteiger partial charge in [0.25, 0.3) is 7.82 Å². The summed E-state index contributed by atoms with van der Waals surface area (Å²) in [6.45, 7) is 4.78. The van der Waals surface area contributed by atoms with Gasteiger partial charge in [-0.15, -0.1) is 0 Å². The molecular formula is C57H117N2O6P. The number of amides is 1. The Morgan fingerprint density at radius 2 is 0.742 bits per heavy atom. The predicted octanol–water partition coefficient (Wildman–Crippen LogP) is 17.0. The molecule has 0 fully saturated rings. The molecule has 0 aliphatic carbocycles. The first-order chi connectivity index (χ1) is 32.0. The lowest BCUT2D eigenvalue weighted by atomic mass is 10.0. The molecule has 0 aliphatic rings. The number of hydrogen-bond donors (Lipinski definition) is 2. The molecule has 0 saturated heterocycles. The molecule has 2 N–H and O–H groups in total. The topological polar surface area (TPSA) is 108 Å². The third-order valence-electron chi connectivity index (χ3n) is 13.8. The summed E-state index contributed by atoms with van der Waals surface area (Å²) in [4.78, 5) is 25.5. The first-order valence-electron chi connectivity index (χ1n) is 29.4. The summed E-state index contributed by atoms with van der Waals surface area (Å²) in [7, 11) is 1.33. The van der Waals surface area contributed by atoms with Gasteiger partial charge in [0.2, 0.25) is 5.91 Å². The zero-order valence-electron chi connectivity index (χ0n) is 45.2. The van der Waals surface area contributed by atoms with Crippen molar-refractivity contribution in [3.8, 4) is 0 Å². The summed E-state index contributed by atoms with van der Waals surface area (Å²) in [5.41, 5.74) is 0. The number of rotatable bonds is 55. The minimum atomic E-state index is -4.57. The van der Waals surface area contributed by atoms with E-state index >= 15 is 0 Å². The standard InChI is InChI=1S/C57H117N2O6P/c1-6-8-10-12-14-16-18-20-22-24-26-28-29-31-33-35-37-39-41-43-45-47-49-51-57(61)58-55(54-65-66(62,63)64-53-52-59(3,4)5)56(60)50-48-46-44-42-40-38-36-34-32-30-27-25-23-21-19-17-15-13-11-9-7-2/h55-56,60H,6-54H2,1-5H3,(H-,58,61,62,63). The first kappa shape index (κ1) is 65.5. The zero-order valence-corrected chi connectivity index (χ0v) is 46.1. The van der Waals surface area contributed by atoms with Crippen LogP contribution in [0.4, 0.5) is 0 Å². The van der Waals surface area contributed by atoms with Crippen LogP contribution in [0.2, 0.25) is 0 Å². The molecule has 0 radical (unpaired) electrons. The van der Waals surface area contributed by atoms with Crippen molar-refractivity contribution in [1.82, 2.24) is 5.32 Å². The van der Waals surface area contributed by atoms with Crippen LogP contribution in [0, 0.1) is 0 Å². The van der Waals surface area contributed by atoms with E-state index in [9.17, 15) is 19.4 Å². The first-order valence-corrected chi connectivity index (χ1v) is 30.8. The van der Waals surface area contributed by atoms with Crippen molar-refractivity contribution in [3.05, 3.63) is 0 Å². The minimum absolute atomic E-state index is 0.0167. The Kier molecular flexibility index (Phi) is 49.1. The third-order valence-corrected chi connectivity index (χ3v) is 14.8. The summed E-state index contributed by atoms with van der Waals surface area (Å²) < 4.78 is 23.4. The molecule has 0 spiro atoms. The summed E-state index contributed by atoms with van der Waals surface area (Å²) >= 11 is 0. The van der Waals surface area contributed by atoms with E-state index in [-0.39, 0.29) is 19.1 Å². The van der Waals surface area contributed by atoms with Gasteiger partial charge < -0.3 is 28.8 Å². The number of phosphoric acid groups is 1. The van der Waals surface area contributed by atoms with Crippen molar-refractivity contribution < 1.29 is 32.9 Å². The van der Waals surface area contributed by atoms with Crippen molar-refractivity contribution in [1.29, 1.82) is 0 Å². The van der Waals surface area contributed by atoms with Crippen LogP contribution in [0.15, 0.2) is 0 Å². The van der Waals surface area contributed by atoms with Crippen molar-refractivity contribution >= 4 is 13.7 Å². The smallest absolute Gasteiger partial charge is 0.268 e. The maximum Gasteiger partial charge on any atom is 0.268 e. The van der Waals surface area contributed by atoms with Crippen molar-refractivity contribution in [3.63, 3.8) is 0 Å². The maximum absolute atomic E-state index is 13.0. The molecule has 0 aromatic carbocycles. The largest absolute Gasteiger partial charge is 0.756 e. The lowest BCUT2D eigenvalue weighted by Gasteiger charge is -2.30. The lowest BCUT2D eigenvalue weighted by molar-refractivity contribution is -0.870. The van der Waals surface area contributed by atoms with E-state index in [0.717, 1.165) is 38.5 Å². The molecule has 0 aromatic heterocycles. The van der Waals surface area contributed by atoms with Gasteiger partial charge in [-0.3, -0.25) is 9.36 Å². The maximum atomic E-state index is 13.0. The fourth-order valence-electron chi connectivity index (χ4n) is 9.22. The van der Waals surface area contributed by atoms with Crippen molar-refractivity contribution in [2.24, 2.45) is 0 Å². The quantitative estimate of drug-likeness (QED) is 0.0357. The SMILES string of the molecule is CCCCCCCCCCCCCCCCCCCCCCCCCC(=O)NC(COP(=O)([O-])OCC[N+](C)(C)C)C(O)CCCCCCCCCCCCCCCCCCCCCCC. The van der Waals surface area contributed by atoms with Gasteiger partial charge in [-0.25, -0.2) is 0 Å². The van der Waals surface area contributed by atoms with Gasteiger partial charge in [0.1, 0.15) is 13.2 Å². The van der Waals surface area contributed by atoms with E-state index in [1.165, 1.54) is 244 Å². The van der Waals surface area contributed by atoms with Crippen LogP contribution in [-0.2, 0) is 18.4 Å². The molecule has 0 aromatic rings. The molecule has 9 heteroatoms. The molecule has 8 nitrogen and oxygen atoms in total. The predicted molar refractivity (Wildman–Crippen MR) is 284 cm³/mol. The number of carbonyl (C=O) groups is 1. The Morgan fingerprint density at radius 1 is 0.470 bits per heavy atom. The summed E-state index contributed by atoms with van der Waals surface area (Å²) in [6.07, 6.45) is 58.5. The number of likely N-dealkylation sites (N-methyl/N-ethyl adjacent to an activating group) is 1. The Hall–Kier alpha value is -0.500. The number of phosphoric ester groups is 1. The van der Waals surface area contributed by atoms with Gasteiger partial charge in [0, 0.05) is 6.42 Å². The van der Waals surface area contributed by atoms with Crippen LogP contribution >= 0.6 is 7.82 Å². The van der Waals surface area contributed by atoms with Crippen LogP contribution in [-0.4, -0.2) is 68.5 Å². The van der Waals surface area contributed by atoms with Gasteiger partial charge in [-0.05, 0) is 12.8 Å². The highest BCUT2D eigenvalue weighted by molar-refractivity contribution is 7.45. The lowest BCUT2D eigenvalue weighted by Crippen LogP contribution is -2.46. The number of nitrogens with zero attached hydrogens (tertiary/aromatic N) is 1. The fraction of sp³-hybridized carbons (Fsp3) is 0.982. The highest BCUT2D eigenvalue weighted by atomic mass is 31.2. The summed E-state index contributed by atoms with van der Waals surface area (Å²) in [5, 5.41) is 14.0. The van der Waals surface area contributed by atoms with E-state index in [0.29, 0.717) is 23.9 Å². The number of carbonyl (C=O) groups excluding carboxylic acids is 1. The molecule has 0 rings (SSSR count). The number of quaternary nitrogens is 1. The van der Waals surface area contributed by atoms with E-state index in [1.807, 2.05) is 21.1 Å². The Bertz CT molecular complexity index is 1040. The minimum Gasteiger partial charge on any atom is -0.756 e. The van der Waals surface area contributed by atoms with E-state index < -0.39 is 20.0 Å². The normalized spacial score (nSPS) is 13.9. The number of unbranched alkanes of at least 4 members (excludes halogenated alkanes) is 42. The summed E-state index contributed by atoms with van der Waals surface area (Å²) in [5.74, 6) is -0.156. The second-order valence-electron chi connectivity index (χ2n) is 21.7. The van der Waals surface area contributed by atoms with Crippen molar-refractivity contribution in [2.45, 2.75) is 321 Å². The molecule has 0 heterocycles. The van der Waals surface area contributed by atoms with Crippen LogP contribution < -0.4 is 10.2 Å². The second kappa shape index (κ2) is 49.5.